The number of aromatic nitrogens is 4. The minimum Gasteiger partial charge on any atom is -0.224 e. The Labute approximate surface area is 110 Å². The lowest BCUT2D eigenvalue weighted by Crippen LogP contribution is -2.03. The fraction of sp³-hybridized carbons (Fsp3) is 0.125. The average molecular weight is 355 g/mol. The minimum absolute atomic E-state index is 0.255. The number of alkyl halides is 1. The van der Waals surface area contributed by atoms with Crippen LogP contribution in [0.2, 0.25) is 5.15 Å². The summed E-state index contributed by atoms with van der Waals surface area (Å²) in [7, 11) is 0. The van der Waals surface area contributed by atoms with Crippen LogP contribution < -0.4 is 0 Å². The van der Waals surface area contributed by atoms with E-state index in [-0.39, 0.29) is 5.88 Å². The second kappa shape index (κ2) is 4.63. The second-order valence-electron chi connectivity index (χ2n) is 2.70. The third-order valence-corrected chi connectivity index (χ3v) is 2.92. The van der Waals surface area contributed by atoms with Crippen molar-refractivity contribution in [1.82, 2.24) is 19.7 Å². The van der Waals surface area contributed by atoms with E-state index in [1.807, 2.05) is 6.20 Å². The maximum atomic E-state index is 5.91. The molecule has 0 radical (unpaired) electrons. The van der Waals surface area contributed by atoms with Gasteiger partial charge in [-0.15, -0.1) is 11.6 Å². The molecule has 7 heteroatoms. The summed E-state index contributed by atoms with van der Waals surface area (Å²) in [5.41, 5.74) is 0.681. The molecule has 0 aliphatic rings. The van der Waals surface area contributed by atoms with Crippen molar-refractivity contribution in [1.29, 1.82) is 0 Å². The molecule has 2 heterocycles. The fourth-order valence-electron chi connectivity index (χ4n) is 1.11. The van der Waals surface area contributed by atoms with Crippen LogP contribution in [0.15, 0.2) is 18.7 Å². The van der Waals surface area contributed by atoms with Crippen LogP contribution in [-0.4, -0.2) is 19.7 Å². The van der Waals surface area contributed by atoms with Gasteiger partial charge in [-0.2, -0.15) is 5.10 Å². The summed E-state index contributed by atoms with van der Waals surface area (Å²) in [6, 6.07) is 0. The van der Waals surface area contributed by atoms with Crippen molar-refractivity contribution in [3.05, 3.63) is 33.0 Å². The van der Waals surface area contributed by atoms with Crippen LogP contribution in [0.3, 0.4) is 0 Å². The summed E-state index contributed by atoms with van der Waals surface area (Å²) in [6.07, 6.45) is 4.96. The van der Waals surface area contributed by atoms with Gasteiger partial charge < -0.3 is 0 Å². The van der Waals surface area contributed by atoms with E-state index in [1.165, 1.54) is 6.33 Å². The van der Waals surface area contributed by atoms with Crippen molar-refractivity contribution in [2.75, 3.05) is 0 Å². The van der Waals surface area contributed by atoms with Gasteiger partial charge in [-0.1, -0.05) is 11.6 Å². The van der Waals surface area contributed by atoms with E-state index in [2.05, 4.69) is 37.7 Å². The first-order valence-electron chi connectivity index (χ1n) is 3.98. The average Bonchev–Trinajstić information content (AvgIpc) is 2.64. The Balaban J connectivity index is 2.57. The van der Waals surface area contributed by atoms with E-state index in [9.17, 15) is 0 Å². The molecule has 15 heavy (non-hydrogen) atoms. The Hall–Kier alpha value is -0.400. The van der Waals surface area contributed by atoms with Crippen LogP contribution >= 0.6 is 45.8 Å². The summed E-state index contributed by atoms with van der Waals surface area (Å²) >= 11 is 13.9. The largest absolute Gasteiger partial charge is 0.224 e. The van der Waals surface area contributed by atoms with Gasteiger partial charge in [0.15, 0.2) is 5.82 Å². The first kappa shape index (κ1) is 11.1. The Bertz CT molecular complexity index is 485. The zero-order valence-corrected chi connectivity index (χ0v) is 11.0. The minimum atomic E-state index is 0.255. The molecule has 4 nitrogen and oxygen atoms in total. The second-order valence-corrected chi connectivity index (χ2v) is 4.57. The fourth-order valence-corrected chi connectivity index (χ4v) is 2.01. The van der Waals surface area contributed by atoms with Crippen LogP contribution in [0.5, 0.6) is 0 Å². The first-order chi connectivity index (χ1) is 7.22. The molecule has 0 unspecified atom stereocenters. The van der Waals surface area contributed by atoms with Gasteiger partial charge in [0, 0.05) is 11.8 Å². The van der Waals surface area contributed by atoms with Crippen LogP contribution in [0.25, 0.3) is 5.82 Å². The standard InChI is InChI=1S/C8H5Cl2IN4/c9-1-6-7(10)12-4-13-8(6)15-3-5(11)2-14-15/h2-4H,1H2. The number of rotatable bonds is 2. The highest BCUT2D eigenvalue weighted by Crippen LogP contribution is 2.20. The summed E-state index contributed by atoms with van der Waals surface area (Å²) in [5.74, 6) is 0.874. The van der Waals surface area contributed by atoms with E-state index in [1.54, 1.807) is 10.9 Å². The molecule has 2 rings (SSSR count). The van der Waals surface area contributed by atoms with Crippen LogP contribution in [0.4, 0.5) is 0 Å². The quantitative estimate of drug-likeness (QED) is 0.473. The lowest BCUT2D eigenvalue weighted by atomic mass is 10.3. The molecule has 78 valence electrons. The van der Waals surface area contributed by atoms with Gasteiger partial charge in [0.25, 0.3) is 0 Å². The highest BCUT2D eigenvalue weighted by atomic mass is 127. The van der Waals surface area contributed by atoms with Gasteiger partial charge in [-0.05, 0) is 22.6 Å². The van der Waals surface area contributed by atoms with Crippen molar-refractivity contribution < 1.29 is 0 Å². The van der Waals surface area contributed by atoms with Crippen molar-refractivity contribution in [2.45, 2.75) is 5.88 Å². The Morgan fingerprint density at radius 2 is 2.20 bits per heavy atom. The molecule has 0 saturated carbocycles. The normalized spacial score (nSPS) is 10.6. The zero-order chi connectivity index (χ0) is 10.8. The first-order valence-corrected chi connectivity index (χ1v) is 5.97. The Morgan fingerprint density at radius 1 is 1.40 bits per heavy atom. The summed E-state index contributed by atoms with van der Waals surface area (Å²) in [4.78, 5) is 7.98. The molecule has 0 amide bonds. The summed E-state index contributed by atoms with van der Waals surface area (Å²) in [6.45, 7) is 0. The number of hydrogen-bond acceptors (Lipinski definition) is 3. The lowest BCUT2D eigenvalue weighted by Gasteiger charge is -2.05. The van der Waals surface area contributed by atoms with Crippen molar-refractivity contribution >= 4 is 45.8 Å². The van der Waals surface area contributed by atoms with E-state index >= 15 is 0 Å². The van der Waals surface area contributed by atoms with Gasteiger partial charge in [0.2, 0.25) is 0 Å². The van der Waals surface area contributed by atoms with Crippen molar-refractivity contribution in [2.24, 2.45) is 0 Å². The smallest absolute Gasteiger partial charge is 0.162 e. The maximum Gasteiger partial charge on any atom is 0.162 e. The van der Waals surface area contributed by atoms with Crippen LogP contribution in [0, 0.1) is 3.57 Å². The summed E-state index contributed by atoms with van der Waals surface area (Å²) in [5, 5.41) is 4.50. The molecule has 0 aliphatic carbocycles. The molecular formula is C8H5Cl2IN4. The maximum absolute atomic E-state index is 5.91. The monoisotopic (exact) mass is 354 g/mol. The predicted octanol–water partition coefficient (Wildman–Crippen LogP) is 2.66. The Morgan fingerprint density at radius 3 is 2.80 bits per heavy atom. The number of halogens is 3. The topological polar surface area (TPSA) is 43.6 Å². The third kappa shape index (κ3) is 2.24. The van der Waals surface area contributed by atoms with Gasteiger partial charge in [-0.3, -0.25) is 0 Å². The molecule has 0 aromatic carbocycles. The number of nitrogens with zero attached hydrogens (tertiary/aromatic N) is 4. The van der Waals surface area contributed by atoms with E-state index in [0.29, 0.717) is 16.5 Å². The molecule has 2 aromatic heterocycles. The molecule has 0 saturated heterocycles. The number of hydrogen-bond donors (Lipinski definition) is 0. The molecule has 0 spiro atoms. The highest BCUT2D eigenvalue weighted by molar-refractivity contribution is 14.1. The lowest BCUT2D eigenvalue weighted by molar-refractivity contribution is 0.827. The van der Waals surface area contributed by atoms with Crippen molar-refractivity contribution in [3.8, 4) is 5.82 Å². The predicted molar refractivity (Wildman–Crippen MR) is 66.4 cm³/mol. The third-order valence-electron chi connectivity index (χ3n) is 1.77. The summed E-state index contributed by atoms with van der Waals surface area (Å²) < 4.78 is 2.65. The van der Waals surface area contributed by atoms with Gasteiger partial charge in [0.05, 0.1) is 15.6 Å². The molecule has 2 aromatic rings. The van der Waals surface area contributed by atoms with Crippen LogP contribution in [-0.2, 0) is 5.88 Å². The molecular weight excluding hydrogens is 350 g/mol. The van der Waals surface area contributed by atoms with E-state index in [4.69, 9.17) is 23.2 Å². The van der Waals surface area contributed by atoms with Crippen molar-refractivity contribution in [3.63, 3.8) is 0 Å². The molecule has 0 fully saturated rings. The van der Waals surface area contributed by atoms with Gasteiger partial charge in [-0.25, -0.2) is 14.6 Å². The zero-order valence-electron chi connectivity index (χ0n) is 7.36. The van der Waals surface area contributed by atoms with E-state index in [0.717, 1.165) is 3.57 Å². The molecule has 0 N–H and O–H groups in total. The van der Waals surface area contributed by atoms with Gasteiger partial charge in [0.1, 0.15) is 11.5 Å². The molecule has 0 atom stereocenters. The molecule has 0 bridgehead atoms. The van der Waals surface area contributed by atoms with Gasteiger partial charge >= 0.3 is 0 Å². The van der Waals surface area contributed by atoms with Crippen LogP contribution in [0.1, 0.15) is 5.56 Å². The highest BCUT2D eigenvalue weighted by Gasteiger charge is 2.11. The SMILES string of the molecule is ClCc1c(Cl)ncnc1-n1cc(I)cn1. The Kier molecular flexibility index (Phi) is 3.42. The molecule has 0 aliphatic heterocycles. The van der Waals surface area contributed by atoms with E-state index < -0.39 is 0 Å².